The van der Waals surface area contributed by atoms with Crippen LogP contribution < -0.4 is 14.2 Å². The molecule has 2 aromatic rings. The van der Waals surface area contributed by atoms with Crippen molar-refractivity contribution in [3.05, 3.63) is 52.0 Å². The van der Waals surface area contributed by atoms with Crippen LogP contribution in [-0.2, 0) is 11.2 Å². The van der Waals surface area contributed by atoms with Gasteiger partial charge in [-0.15, -0.1) is 0 Å². The highest BCUT2D eigenvalue weighted by Gasteiger charge is 2.37. The highest BCUT2D eigenvalue weighted by Crippen LogP contribution is 2.40. The van der Waals surface area contributed by atoms with Gasteiger partial charge in [-0.3, -0.25) is 4.79 Å². The predicted octanol–water partition coefficient (Wildman–Crippen LogP) is 3.40. The van der Waals surface area contributed by atoms with Gasteiger partial charge in [0.1, 0.15) is 11.7 Å². The number of carbonyl (C=O) groups is 1. The van der Waals surface area contributed by atoms with E-state index in [1.54, 1.807) is 26.4 Å². The van der Waals surface area contributed by atoms with E-state index in [1.807, 2.05) is 24.3 Å². The Morgan fingerprint density at radius 2 is 1.88 bits per heavy atom. The minimum Gasteiger partial charge on any atom is -0.497 e. The number of aliphatic imine (C=N–C) groups is 2. The molecular weight excluding hydrogens is 400 g/mol. The van der Waals surface area contributed by atoms with Crippen LogP contribution in [0, 0.1) is 5.92 Å². The molecule has 7 heteroatoms. The summed E-state index contributed by atoms with van der Waals surface area (Å²) in [6, 6.07) is 11.0. The maximum atomic E-state index is 12.6. The molecule has 2 aromatic carbocycles. The summed E-state index contributed by atoms with van der Waals surface area (Å²) in [6.07, 6.45) is 0.474. The Balaban J connectivity index is 1.72. The van der Waals surface area contributed by atoms with Crippen molar-refractivity contribution in [3.8, 4) is 17.2 Å². The fourth-order valence-corrected chi connectivity index (χ4v) is 3.48. The maximum Gasteiger partial charge on any atom is 0.260 e. The zero-order valence-electron chi connectivity index (χ0n) is 14.2. The van der Waals surface area contributed by atoms with Gasteiger partial charge in [0.05, 0.1) is 14.2 Å². The first-order chi connectivity index (χ1) is 12.6. The maximum absolute atomic E-state index is 12.6. The molecule has 2 aliphatic heterocycles. The standard InChI is InChI=1S/C19H15BrN2O4/c1-24-13-5-3-10(4-6-13)17-21-18(23)14-8-11-7-12(20)9-15(25-2)16(11)26-19(14)22-17/h3-7,9,14H,8H2,1-2H3. The average molecular weight is 415 g/mol. The van der Waals surface area contributed by atoms with Crippen molar-refractivity contribution < 1.29 is 19.0 Å². The topological polar surface area (TPSA) is 69.5 Å². The van der Waals surface area contributed by atoms with Crippen LogP contribution in [0.5, 0.6) is 17.2 Å². The molecular formula is C19H15BrN2O4. The van der Waals surface area contributed by atoms with Gasteiger partial charge >= 0.3 is 0 Å². The lowest BCUT2D eigenvalue weighted by Gasteiger charge is -2.28. The normalized spacial score (nSPS) is 18.1. The fraction of sp³-hybridized carbons (Fsp3) is 0.211. The molecule has 0 saturated heterocycles. The molecule has 0 bridgehead atoms. The van der Waals surface area contributed by atoms with Crippen molar-refractivity contribution in [1.29, 1.82) is 0 Å². The summed E-state index contributed by atoms with van der Waals surface area (Å²) >= 11 is 3.45. The Kier molecular flexibility index (Phi) is 4.24. The number of amidine groups is 1. The molecule has 1 amide bonds. The molecule has 2 heterocycles. The SMILES string of the molecule is COc1ccc(C2=NC(=O)C3Cc4cc(Br)cc(OC)c4OC3=N2)cc1. The number of amides is 1. The number of carbonyl (C=O) groups excluding carboxylic acids is 1. The number of ether oxygens (including phenoxy) is 3. The Bertz CT molecular complexity index is 951. The summed E-state index contributed by atoms with van der Waals surface area (Å²) in [5.41, 5.74) is 1.61. The second-order valence-electron chi connectivity index (χ2n) is 5.91. The predicted molar refractivity (Wildman–Crippen MR) is 100 cm³/mol. The average Bonchev–Trinajstić information content (AvgIpc) is 2.66. The van der Waals surface area contributed by atoms with Crippen molar-refractivity contribution in [1.82, 2.24) is 0 Å². The molecule has 0 radical (unpaired) electrons. The molecule has 26 heavy (non-hydrogen) atoms. The first-order valence-electron chi connectivity index (χ1n) is 7.99. The van der Waals surface area contributed by atoms with E-state index >= 15 is 0 Å². The number of hydrogen-bond acceptors (Lipinski definition) is 5. The molecule has 2 aliphatic rings. The van der Waals surface area contributed by atoms with Gasteiger partial charge in [0.2, 0.25) is 5.90 Å². The molecule has 0 aliphatic carbocycles. The largest absolute Gasteiger partial charge is 0.497 e. The minimum absolute atomic E-state index is 0.259. The van der Waals surface area contributed by atoms with Crippen molar-refractivity contribution in [2.24, 2.45) is 15.9 Å². The monoisotopic (exact) mass is 414 g/mol. The lowest BCUT2D eigenvalue weighted by atomic mass is 9.93. The molecule has 1 atom stereocenters. The third-order valence-corrected chi connectivity index (χ3v) is 4.78. The summed E-state index contributed by atoms with van der Waals surface area (Å²) in [4.78, 5) is 21.2. The van der Waals surface area contributed by atoms with Gasteiger partial charge < -0.3 is 14.2 Å². The number of methoxy groups -OCH3 is 2. The van der Waals surface area contributed by atoms with Crippen LogP contribution in [0.25, 0.3) is 0 Å². The second kappa shape index (κ2) is 6.57. The van der Waals surface area contributed by atoms with E-state index in [2.05, 4.69) is 25.9 Å². The highest BCUT2D eigenvalue weighted by molar-refractivity contribution is 9.10. The van der Waals surface area contributed by atoms with Crippen LogP contribution in [-0.4, -0.2) is 31.9 Å². The summed E-state index contributed by atoms with van der Waals surface area (Å²) in [5, 5.41) is 0. The molecule has 0 saturated carbocycles. The van der Waals surface area contributed by atoms with Crippen LogP contribution in [0.1, 0.15) is 11.1 Å². The van der Waals surface area contributed by atoms with Crippen molar-refractivity contribution in [2.45, 2.75) is 6.42 Å². The molecule has 4 rings (SSSR count). The number of nitrogens with zero attached hydrogens (tertiary/aromatic N) is 2. The number of benzene rings is 2. The van der Waals surface area contributed by atoms with Crippen molar-refractivity contribution in [3.63, 3.8) is 0 Å². The third kappa shape index (κ3) is 2.88. The molecule has 0 fully saturated rings. The number of rotatable bonds is 3. The molecule has 0 N–H and O–H groups in total. The van der Waals surface area contributed by atoms with Gasteiger partial charge in [-0.05, 0) is 42.8 Å². The van der Waals surface area contributed by atoms with Gasteiger partial charge in [-0.2, -0.15) is 9.98 Å². The van der Waals surface area contributed by atoms with E-state index in [9.17, 15) is 4.79 Å². The summed E-state index contributed by atoms with van der Waals surface area (Å²) in [6.45, 7) is 0. The molecule has 6 nitrogen and oxygen atoms in total. The number of halogens is 1. The van der Waals surface area contributed by atoms with Crippen molar-refractivity contribution >= 4 is 33.6 Å². The van der Waals surface area contributed by atoms with Crippen LogP contribution >= 0.6 is 15.9 Å². The smallest absolute Gasteiger partial charge is 0.260 e. The molecule has 0 spiro atoms. The quantitative estimate of drug-likeness (QED) is 0.771. The van der Waals surface area contributed by atoms with E-state index < -0.39 is 5.92 Å². The van der Waals surface area contributed by atoms with Gasteiger partial charge in [0, 0.05) is 15.6 Å². The lowest BCUT2D eigenvalue weighted by molar-refractivity contribution is -0.120. The van der Waals surface area contributed by atoms with Crippen LogP contribution in [0.2, 0.25) is 0 Å². The Labute approximate surface area is 158 Å². The summed E-state index contributed by atoms with van der Waals surface area (Å²) in [7, 11) is 3.18. The van der Waals surface area contributed by atoms with E-state index in [0.29, 0.717) is 29.7 Å². The van der Waals surface area contributed by atoms with E-state index in [4.69, 9.17) is 14.2 Å². The van der Waals surface area contributed by atoms with Crippen LogP contribution in [0.3, 0.4) is 0 Å². The number of fused-ring (bicyclic) bond motifs is 2. The zero-order valence-corrected chi connectivity index (χ0v) is 15.7. The van der Waals surface area contributed by atoms with E-state index in [1.165, 1.54) is 0 Å². The Morgan fingerprint density at radius 3 is 2.58 bits per heavy atom. The van der Waals surface area contributed by atoms with E-state index in [0.717, 1.165) is 21.3 Å². The third-order valence-electron chi connectivity index (χ3n) is 4.32. The summed E-state index contributed by atoms with van der Waals surface area (Å²) < 4.78 is 17.4. The number of hydrogen-bond donors (Lipinski definition) is 0. The summed E-state index contributed by atoms with van der Waals surface area (Å²) in [5.74, 6) is 1.83. The van der Waals surface area contributed by atoms with E-state index in [-0.39, 0.29) is 5.91 Å². The molecule has 0 aromatic heterocycles. The molecule has 132 valence electrons. The first kappa shape index (κ1) is 16.8. The fourth-order valence-electron chi connectivity index (χ4n) is 3.00. The minimum atomic E-state index is -0.511. The van der Waals surface area contributed by atoms with Gasteiger partial charge in [-0.1, -0.05) is 15.9 Å². The van der Waals surface area contributed by atoms with Gasteiger partial charge in [-0.25, -0.2) is 0 Å². The Morgan fingerprint density at radius 1 is 1.12 bits per heavy atom. The zero-order chi connectivity index (χ0) is 18.3. The van der Waals surface area contributed by atoms with Gasteiger partial charge in [0.25, 0.3) is 5.91 Å². The highest BCUT2D eigenvalue weighted by atomic mass is 79.9. The Hall–Kier alpha value is -2.67. The first-order valence-corrected chi connectivity index (χ1v) is 8.78. The van der Waals surface area contributed by atoms with Crippen LogP contribution in [0.15, 0.2) is 50.9 Å². The molecule has 1 unspecified atom stereocenters. The van der Waals surface area contributed by atoms with Crippen LogP contribution in [0.4, 0.5) is 0 Å². The van der Waals surface area contributed by atoms with Gasteiger partial charge in [0.15, 0.2) is 17.3 Å². The van der Waals surface area contributed by atoms with Crippen molar-refractivity contribution in [2.75, 3.05) is 14.2 Å². The lowest BCUT2D eigenvalue weighted by Crippen LogP contribution is -2.37. The second-order valence-corrected chi connectivity index (χ2v) is 6.82.